The number of halogens is 1. The van der Waals surface area contributed by atoms with E-state index in [1.165, 1.54) is 0 Å². The van der Waals surface area contributed by atoms with E-state index in [9.17, 15) is 9.59 Å². The Balaban J connectivity index is 0.00000261. The Bertz CT molecular complexity index is 792. The number of hydrogen-bond donors (Lipinski definition) is 3. The normalized spacial score (nSPS) is 18.6. The average molecular weight is 392 g/mol. The second kappa shape index (κ2) is 9.53. The number of carbonyl (C=O) groups is 2. The van der Waals surface area contributed by atoms with Crippen molar-refractivity contribution in [3.63, 3.8) is 0 Å². The molecule has 146 valence electrons. The van der Waals surface area contributed by atoms with Gasteiger partial charge in [-0.1, -0.05) is 12.1 Å². The van der Waals surface area contributed by atoms with Crippen molar-refractivity contribution >= 4 is 24.2 Å². The molecule has 3 N–H and O–H groups in total. The Hall–Kier alpha value is -2.38. The van der Waals surface area contributed by atoms with Crippen molar-refractivity contribution < 1.29 is 9.59 Å². The highest BCUT2D eigenvalue weighted by molar-refractivity contribution is 5.94. The van der Waals surface area contributed by atoms with Crippen LogP contribution in [0.2, 0.25) is 0 Å². The molecule has 1 fully saturated rings. The molecule has 0 saturated carbocycles. The van der Waals surface area contributed by atoms with Gasteiger partial charge in [0.2, 0.25) is 5.91 Å². The molecule has 8 heteroatoms. The zero-order valence-corrected chi connectivity index (χ0v) is 16.4. The highest BCUT2D eigenvalue weighted by atomic mass is 35.5. The topological polar surface area (TPSA) is 88.1 Å². The van der Waals surface area contributed by atoms with Gasteiger partial charge in [0.25, 0.3) is 5.91 Å². The number of carbonyl (C=O) groups excluding carboxylic acids is 2. The van der Waals surface area contributed by atoms with Crippen molar-refractivity contribution in [2.24, 2.45) is 13.0 Å². The molecule has 0 spiro atoms. The highest BCUT2D eigenvalue weighted by Crippen LogP contribution is 2.27. The predicted octanol–water partition coefficient (Wildman–Crippen LogP) is 1.21. The Labute approximate surface area is 165 Å². The van der Waals surface area contributed by atoms with Crippen LogP contribution in [0, 0.1) is 5.92 Å². The SMILES string of the molecule is CCNC(=O)c1cccc(CNC(=O)[C@H]2CNC[C@@H]2c2cnn(C)c2)c1.Cl. The lowest BCUT2D eigenvalue weighted by Gasteiger charge is -2.17. The maximum Gasteiger partial charge on any atom is 0.251 e. The van der Waals surface area contributed by atoms with E-state index < -0.39 is 0 Å². The predicted molar refractivity (Wildman–Crippen MR) is 106 cm³/mol. The number of nitrogens with one attached hydrogen (secondary N) is 3. The number of hydrogen-bond acceptors (Lipinski definition) is 4. The summed E-state index contributed by atoms with van der Waals surface area (Å²) < 4.78 is 1.76. The van der Waals surface area contributed by atoms with Gasteiger partial charge < -0.3 is 16.0 Å². The van der Waals surface area contributed by atoms with Gasteiger partial charge in [0, 0.05) is 50.9 Å². The standard InChI is InChI=1S/C19H25N5O2.ClH/c1-3-21-18(25)14-6-4-5-13(7-14)8-22-19(26)17-11-20-10-16(17)15-9-23-24(2)12-15;/h4-7,9,12,16-17,20H,3,8,10-11H2,1-2H3,(H,21,25)(H,22,26);1H/t16-,17+;/m1./s1. The molecule has 0 bridgehead atoms. The van der Waals surface area contributed by atoms with E-state index in [1.807, 2.05) is 44.6 Å². The zero-order chi connectivity index (χ0) is 18.5. The van der Waals surface area contributed by atoms with E-state index in [2.05, 4.69) is 21.0 Å². The van der Waals surface area contributed by atoms with Crippen LogP contribution in [-0.4, -0.2) is 41.2 Å². The molecule has 2 atom stereocenters. The van der Waals surface area contributed by atoms with Crippen LogP contribution >= 0.6 is 12.4 Å². The van der Waals surface area contributed by atoms with Crippen LogP contribution in [0.15, 0.2) is 36.7 Å². The van der Waals surface area contributed by atoms with Crippen molar-refractivity contribution in [1.29, 1.82) is 0 Å². The molecule has 2 heterocycles. The van der Waals surface area contributed by atoms with Gasteiger partial charge in [0.05, 0.1) is 12.1 Å². The van der Waals surface area contributed by atoms with Gasteiger partial charge in [0.15, 0.2) is 0 Å². The number of amides is 2. The maximum atomic E-state index is 12.7. The molecular weight excluding hydrogens is 366 g/mol. The maximum absolute atomic E-state index is 12.7. The van der Waals surface area contributed by atoms with Gasteiger partial charge >= 0.3 is 0 Å². The van der Waals surface area contributed by atoms with Crippen LogP contribution in [0.3, 0.4) is 0 Å². The second-order valence-corrected chi connectivity index (χ2v) is 6.60. The van der Waals surface area contributed by atoms with E-state index in [1.54, 1.807) is 10.7 Å². The van der Waals surface area contributed by atoms with Crippen molar-refractivity contribution in [3.8, 4) is 0 Å². The van der Waals surface area contributed by atoms with Gasteiger partial charge in [-0.05, 0) is 30.2 Å². The third-order valence-corrected chi connectivity index (χ3v) is 4.70. The van der Waals surface area contributed by atoms with Crippen LogP contribution in [0.25, 0.3) is 0 Å². The third-order valence-electron chi connectivity index (χ3n) is 4.70. The van der Waals surface area contributed by atoms with Gasteiger partial charge in [-0.15, -0.1) is 12.4 Å². The Kier molecular flexibility index (Phi) is 7.38. The van der Waals surface area contributed by atoms with Gasteiger partial charge in [-0.3, -0.25) is 14.3 Å². The molecular formula is C19H26ClN5O2. The number of aromatic nitrogens is 2. The molecule has 2 aromatic rings. The van der Waals surface area contributed by atoms with E-state index in [0.29, 0.717) is 25.2 Å². The van der Waals surface area contributed by atoms with Crippen LogP contribution in [-0.2, 0) is 18.4 Å². The Morgan fingerprint density at radius 1 is 1.30 bits per heavy atom. The highest BCUT2D eigenvalue weighted by Gasteiger charge is 2.34. The molecule has 1 aromatic carbocycles. The summed E-state index contributed by atoms with van der Waals surface area (Å²) in [6, 6.07) is 7.34. The third kappa shape index (κ3) is 5.08. The fourth-order valence-electron chi connectivity index (χ4n) is 3.34. The van der Waals surface area contributed by atoms with E-state index in [-0.39, 0.29) is 36.1 Å². The lowest BCUT2D eigenvalue weighted by Crippen LogP contribution is -2.34. The summed E-state index contributed by atoms with van der Waals surface area (Å²) in [4.78, 5) is 24.6. The summed E-state index contributed by atoms with van der Waals surface area (Å²) in [5.74, 6) is -0.0688. The molecule has 2 amide bonds. The van der Waals surface area contributed by atoms with Gasteiger partial charge in [-0.2, -0.15) is 5.10 Å². The zero-order valence-electron chi connectivity index (χ0n) is 15.6. The van der Waals surface area contributed by atoms with Gasteiger partial charge in [0.1, 0.15) is 0 Å². The minimum Gasteiger partial charge on any atom is -0.352 e. The first-order valence-corrected chi connectivity index (χ1v) is 8.92. The molecule has 7 nitrogen and oxygen atoms in total. The summed E-state index contributed by atoms with van der Waals surface area (Å²) >= 11 is 0. The number of nitrogens with zero attached hydrogens (tertiary/aromatic N) is 2. The van der Waals surface area contributed by atoms with Crippen molar-refractivity contribution in [2.75, 3.05) is 19.6 Å². The van der Waals surface area contributed by atoms with Crippen LogP contribution < -0.4 is 16.0 Å². The fraction of sp³-hybridized carbons (Fsp3) is 0.421. The first-order chi connectivity index (χ1) is 12.6. The van der Waals surface area contributed by atoms with Crippen molar-refractivity contribution in [3.05, 3.63) is 53.3 Å². The summed E-state index contributed by atoms with van der Waals surface area (Å²) in [5.41, 5.74) is 2.59. The average Bonchev–Trinajstić information content (AvgIpc) is 3.29. The van der Waals surface area contributed by atoms with Crippen molar-refractivity contribution in [2.45, 2.75) is 19.4 Å². The summed E-state index contributed by atoms with van der Waals surface area (Å²) in [7, 11) is 1.88. The minimum atomic E-state index is -0.120. The van der Waals surface area contributed by atoms with Crippen LogP contribution in [0.1, 0.15) is 34.3 Å². The first-order valence-electron chi connectivity index (χ1n) is 8.92. The lowest BCUT2D eigenvalue weighted by atomic mass is 9.90. The smallest absolute Gasteiger partial charge is 0.251 e. The first kappa shape index (κ1) is 20.9. The Morgan fingerprint density at radius 3 is 2.81 bits per heavy atom. The molecule has 1 aliphatic rings. The van der Waals surface area contributed by atoms with E-state index in [0.717, 1.165) is 17.7 Å². The summed E-state index contributed by atoms with van der Waals surface area (Å²) in [6.45, 7) is 4.31. The number of aryl methyl sites for hydroxylation is 1. The monoisotopic (exact) mass is 391 g/mol. The van der Waals surface area contributed by atoms with Crippen LogP contribution in [0.5, 0.6) is 0 Å². The Morgan fingerprint density at radius 2 is 2.11 bits per heavy atom. The molecule has 0 unspecified atom stereocenters. The second-order valence-electron chi connectivity index (χ2n) is 6.60. The van der Waals surface area contributed by atoms with Gasteiger partial charge in [-0.25, -0.2) is 0 Å². The summed E-state index contributed by atoms with van der Waals surface area (Å²) in [5, 5.41) is 13.3. The molecule has 1 aromatic heterocycles. The molecule has 1 saturated heterocycles. The van der Waals surface area contributed by atoms with Crippen LogP contribution in [0.4, 0.5) is 0 Å². The number of benzene rings is 1. The minimum absolute atomic E-state index is 0. The fourth-order valence-corrected chi connectivity index (χ4v) is 3.34. The quantitative estimate of drug-likeness (QED) is 0.690. The molecule has 3 rings (SSSR count). The molecule has 1 aliphatic heterocycles. The van der Waals surface area contributed by atoms with E-state index in [4.69, 9.17) is 0 Å². The largest absolute Gasteiger partial charge is 0.352 e. The number of rotatable bonds is 6. The van der Waals surface area contributed by atoms with Crippen molar-refractivity contribution in [1.82, 2.24) is 25.7 Å². The van der Waals surface area contributed by atoms with E-state index >= 15 is 0 Å². The molecule has 0 radical (unpaired) electrons. The summed E-state index contributed by atoms with van der Waals surface area (Å²) in [6.07, 6.45) is 3.79. The lowest BCUT2D eigenvalue weighted by molar-refractivity contribution is -0.125. The molecule has 27 heavy (non-hydrogen) atoms. The molecule has 0 aliphatic carbocycles.